The van der Waals surface area contributed by atoms with E-state index in [1.807, 2.05) is 24.3 Å². The van der Waals surface area contributed by atoms with Gasteiger partial charge in [0.15, 0.2) is 0 Å². The molecule has 3 heterocycles. The van der Waals surface area contributed by atoms with Gasteiger partial charge in [-0.25, -0.2) is 9.97 Å². The van der Waals surface area contributed by atoms with E-state index in [0.29, 0.717) is 18.1 Å². The molecule has 136 valence electrons. The predicted molar refractivity (Wildman–Crippen MR) is 105 cm³/mol. The summed E-state index contributed by atoms with van der Waals surface area (Å²) in [5.74, 6) is 0.0760. The predicted octanol–water partition coefficient (Wildman–Crippen LogP) is 3.02. The number of nitrogens with zero attached hydrogens (tertiary/aromatic N) is 4. The number of hydrogen-bond donors (Lipinski definition) is 1. The molecule has 1 N–H and O–H groups in total. The number of anilines is 2. The summed E-state index contributed by atoms with van der Waals surface area (Å²) in [5.41, 5.74) is 1.38. The molecular weight excluding hydrogens is 410 g/mol. The van der Waals surface area contributed by atoms with Gasteiger partial charge >= 0.3 is 0 Å². The highest BCUT2D eigenvalue weighted by Gasteiger charge is 2.35. The first-order valence-corrected chi connectivity index (χ1v) is 9.20. The lowest BCUT2D eigenvalue weighted by atomic mass is 10.1. The standard InChI is InChI=1S/C19H16BrN5O2/c20-14-2-1-3-16(9-14)25-11-13(8-18(25)26)19(27)23-15-4-5-17(22-10-15)24-7-6-21-12-24/h1-7,9-10,12-13H,8,11H2,(H,23,27)/t13-/m0/s1. The summed E-state index contributed by atoms with van der Waals surface area (Å²) >= 11 is 3.41. The molecule has 1 fully saturated rings. The van der Waals surface area contributed by atoms with Gasteiger partial charge in [-0.1, -0.05) is 22.0 Å². The number of carbonyl (C=O) groups is 2. The molecule has 0 aliphatic carbocycles. The van der Waals surface area contributed by atoms with E-state index in [4.69, 9.17) is 0 Å². The highest BCUT2D eigenvalue weighted by atomic mass is 79.9. The fourth-order valence-electron chi connectivity index (χ4n) is 3.03. The summed E-state index contributed by atoms with van der Waals surface area (Å²) in [6.45, 7) is 0.363. The van der Waals surface area contributed by atoms with E-state index in [1.165, 1.54) is 0 Å². The molecule has 1 aliphatic heterocycles. The topological polar surface area (TPSA) is 80.1 Å². The van der Waals surface area contributed by atoms with Crippen molar-refractivity contribution in [2.45, 2.75) is 6.42 Å². The molecule has 8 heteroatoms. The zero-order chi connectivity index (χ0) is 18.8. The molecular formula is C19H16BrN5O2. The number of pyridine rings is 1. The molecule has 0 spiro atoms. The van der Waals surface area contributed by atoms with Crippen molar-refractivity contribution in [3.8, 4) is 5.82 Å². The van der Waals surface area contributed by atoms with E-state index in [1.54, 1.807) is 46.5 Å². The maximum atomic E-state index is 12.6. The maximum absolute atomic E-state index is 12.6. The van der Waals surface area contributed by atoms with E-state index in [9.17, 15) is 9.59 Å². The first kappa shape index (κ1) is 17.4. The number of nitrogens with one attached hydrogen (secondary N) is 1. The minimum absolute atomic E-state index is 0.0539. The largest absolute Gasteiger partial charge is 0.324 e. The van der Waals surface area contributed by atoms with Gasteiger partial charge in [0, 0.05) is 35.5 Å². The Labute approximate surface area is 164 Å². The van der Waals surface area contributed by atoms with Gasteiger partial charge in [-0.2, -0.15) is 0 Å². The molecule has 2 amide bonds. The summed E-state index contributed by atoms with van der Waals surface area (Å²) in [6, 6.07) is 11.1. The van der Waals surface area contributed by atoms with Crippen LogP contribution >= 0.6 is 15.9 Å². The molecule has 1 saturated heterocycles. The number of benzene rings is 1. The summed E-state index contributed by atoms with van der Waals surface area (Å²) < 4.78 is 2.67. The third-order valence-corrected chi connectivity index (χ3v) is 4.89. The third kappa shape index (κ3) is 3.75. The van der Waals surface area contributed by atoms with Gasteiger partial charge < -0.3 is 10.2 Å². The number of carbonyl (C=O) groups excluding carboxylic acids is 2. The third-order valence-electron chi connectivity index (χ3n) is 4.40. The summed E-state index contributed by atoms with van der Waals surface area (Å²) in [5, 5.41) is 2.85. The number of hydrogen-bond acceptors (Lipinski definition) is 4. The molecule has 7 nitrogen and oxygen atoms in total. The molecule has 0 radical (unpaired) electrons. The quantitative estimate of drug-likeness (QED) is 0.696. The normalized spacial score (nSPS) is 16.6. The highest BCUT2D eigenvalue weighted by Crippen LogP contribution is 2.28. The number of halogens is 1. The van der Waals surface area contributed by atoms with E-state index in [0.717, 1.165) is 10.2 Å². The second-order valence-electron chi connectivity index (χ2n) is 6.25. The van der Waals surface area contributed by atoms with Crippen LogP contribution in [0.1, 0.15) is 6.42 Å². The van der Waals surface area contributed by atoms with Crippen LogP contribution in [0, 0.1) is 5.92 Å². The molecule has 3 aromatic rings. The number of amides is 2. The molecule has 1 atom stereocenters. The van der Waals surface area contributed by atoms with Crippen molar-refractivity contribution in [2.24, 2.45) is 5.92 Å². The lowest BCUT2D eigenvalue weighted by molar-refractivity contribution is -0.122. The molecule has 27 heavy (non-hydrogen) atoms. The van der Waals surface area contributed by atoms with Crippen LogP contribution in [0.2, 0.25) is 0 Å². The Hall–Kier alpha value is -3.00. The monoisotopic (exact) mass is 425 g/mol. The van der Waals surface area contributed by atoms with Crippen LogP contribution in [-0.2, 0) is 9.59 Å². The van der Waals surface area contributed by atoms with Gasteiger partial charge in [-0.3, -0.25) is 14.2 Å². The molecule has 1 aromatic carbocycles. The van der Waals surface area contributed by atoms with Crippen LogP contribution < -0.4 is 10.2 Å². The molecule has 4 rings (SSSR count). The molecule has 2 aromatic heterocycles. The molecule has 0 saturated carbocycles. The molecule has 0 unspecified atom stereocenters. The first-order valence-electron chi connectivity index (χ1n) is 8.41. The van der Waals surface area contributed by atoms with E-state index in [2.05, 4.69) is 31.2 Å². The Kier molecular flexibility index (Phi) is 4.72. The van der Waals surface area contributed by atoms with Crippen LogP contribution in [0.25, 0.3) is 5.82 Å². The highest BCUT2D eigenvalue weighted by molar-refractivity contribution is 9.10. The van der Waals surface area contributed by atoms with Crippen molar-refractivity contribution in [1.29, 1.82) is 0 Å². The minimum atomic E-state index is -0.398. The Balaban J connectivity index is 1.42. The maximum Gasteiger partial charge on any atom is 0.229 e. The van der Waals surface area contributed by atoms with Crippen molar-refractivity contribution < 1.29 is 9.59 Å². The SMILES string of the molecule is O=C(Nc1ccc(-n2ccnc2)nc1)[C@H]1CC(=O)N(c2cccc(Br)c2)C1. The van der Waals surface area contributed by atoms with Gasteiger partial charge in [-0.15, -0.1) is 0 Å². The Morgan fingerprint density at radius 1 is 1.26 bits per heavy atom. The van der Waals surface area contributed by atoms with E-state index in [-0.39, 0.29) is 18.2 Å². The fourth-order valence-corrected chi connectivity index (χ4v) is 3.42. The fraction of sp³-hybridized carbons (Fsp3) is 0.158. The van der Waals surface area contributed by atoms with Gasteiger partial charge in [0.25, 0.3) is 0 Å². The smallest absolute Gasteiger partial charge is 0.229 e. The van der Waals surface area contributed by atoms with Crippen LogP contribution in [0.15, 0.2) is 65.8 Å². The van der Waals surface area contributed by atoms with Crippen LogP contribution in [0.5, 0.6) is 0 Å². The average Bonchev–Trinajstić information content (AvgIpc) is 3.32. The number of aromatic nitrogens is 3. The van der Waals surface area contributed by atoms with E-state index >= 15 is 0 Å². The van der Waals surface area contributed by atoms with Crippen molar-refractivity contribution in [2.75, 3.05) is 16.8 Å². The van der Waals surface area contributed by atoms with Gasteiger partial charge in [-0.05, 0) is 30.3 Å². The summed E-state index contributed by atoms with van der Waals surface area (Å²) in [6.07, 6.45) is 6.91. The second-order valence-corrected chi connectivity index (χ2v) is 7.17. The Morgan fingerprint density at radius 2 is 2.15 bits per heavy atom. The van der Waals surface area contributed by atoms with Gasteiger partial charge in [0.2, 0.25) is 11.8 Å². The number of imidazole rings is 1. The Bertz CT molecular complexity index is 972. The van der Waals surface area contributed by atoms with Crippen molar-refractivity contribution in [1.82, 2.24) is 14.5 Å². The average molecular weight is 426 g/mol. The first-order chi connectivity index (χ1) is 13.1. The second kappa shape index (κ2) is 7.32. The zero-order valence-electron chi connectivity index (χ0n) is 14.2. The van der Waals surface area contributed by atoms with Crippen molar-refractivity contribution in [3.63, 3.8) is 0 Å². The number of rotatable bonds is 4. The molecule has 0 bridgehead atoms. The lowest BCUT2D eigenvalue weighted by Crippen LogP contribution is -2.28. The van der Waals surface area contributed by atoms with Gasteiger partial charge in [0.1, 0.15) is 12.1 Å². The molecule has 1 aliphatic rings. The Morgan fingerprint density at radius 3 is 2.85 bits per heavy atom. The summed E-state index contributed by atoms with van der Waals surface area (Å²) in [7, 11) is 0. The summed E-state index contributed by atoms with van der Waals surface area (Å²) in [4.78, 5) is 34.9. The zero-order valence-corrected chi connectivity index (χ0v) is 15.8. The van der Waals surface area contributed by atoms with Crippen molar-refractivity contribution >= 4 is 39.1 Å². The van der Waals surface area contributed by atoms with E-state index < -0.39 is 5.92 Å². The minimum Gasteiger partial charge on any atom is -0.324 e. The van der Waals surface area contributed by atoms with Crippen LogP contribution in [0.3, 0.4) is 0 Å². The van der Waals surface area contributed by atoms with Crippen molar-refractivity contribution in [3.05, 3.63) is 65.8 Å². The van der Waals surface area contributed by atoms with Crippen LogP contribution in [0.4, 0.5) is 11.4 Å². The van der Waals surface area contributed by atoms with Gasteiger partial charge in [0.05, 0.1) is 17.8 Å². The lowest BCUT2D eigenvalue weighted by Gasteiger charge is -2.17. The van der Waals surface area contributed by atoms with Crippen LogP contribution in [-0.4, -0.2) is 32.9 Å².